The third kappa shape index (κ3) is 7.16. The van der Waals surface area contributed by atoms with E-state index in [2.05, 4.69) is 47.3 Å². The average molecular weight is 434 g/mol. The minimum Gasteiger partial charge on any atom is -0.444 e. The van der Waals surface area contributed by atoms with Gasteiger partial charge in [0, 0.05) is 22.1 Å². The molecule has 4 nitrogen and oxygen atoms in total. The quantitative estimate of drug-likeness (QED) is 0.568. The van der Waals surface area contributed by atoms with Gasteiger partial charge in [-0.3, -0.25) is 0 Å². The molecule has 1 aromatic carbocycles. The van der Waals surface area contributed by atoms with Crippen molar-refractivity contribution in [2.24, 2.45) is 0 Å². The van der Waals surface area contributed by atoms with Crippen LogP contribution in [0.5, 0.6) is 0 Å². The molecule has 0 spiro atoms. The molecule has 0 aliphatic carbocycles. The van der Waals surface area contributed by atoms with Crippen molar-refractivity contribution >= 4 is 33.6 Å². The molecule has 0 saturated heterocycles. The molecule has 0 fully saturated rings. The van der Waals surface area contributed by atoms with Gasteiger partial charge in [0.25, 0.3) is 0 Å². The van der Waals surface area contributed by atoms with Crippen LogP contribution < -0.4 is 10.6 Å². The molecule has 0 bridgehead atoms. The normalized spacial score (nSPS) is 13.4. The van der Waals surface area contributed by atoms with E-state index in [4.69, 9.17) is 16.3 Å². The molecule has 0 aromatic heterocycles. The molecule has 2 N–H and O–H groups in total. The lowest BCUT2D eigenvalue weighted by Crippen LogP contribution is -2.55. The van der Waals surface area contributed by atoms with Gasteiger partial charge in [-0.15, -0.1) is 0 Å². The van der Waals surface area contributed by atoms with Crippen molar-refractivity contribution in [1.29, 1.82) is 0 Å². The highest BCUT2D eigenvalue weighted by Gasteiger charge is 2.31. The molecule has 1 amide bonds. The van der Waals surface area contributed by atoms with Gasteiger partial charge in [-0.25, -0.2) is 4.79 Å². The van der Waals surface area contributed by atoms with Crippen LogP contribution in [-0.2, 0) is 4.74 Å². The van der Waals surface area contributed by atoms with Crippen LogP contribution in [0.1, 0.15) is 66.0 Å². The smallest absolute Gasteiger partial charge is 0.408 e. The third-order valence-electron chi connectivity index (χ3n) is 4.30. The van der Waals surface area contributed by atoms with E-state index in [0.29, 0.717) is 11.6 Å². The highest BCUT2D eigenvalue weighted by Crippen LogP contribution is 2.27. The number of nitrogens with one attached hydrogen (secondary N) is 2. The SMILES string of the molecule is CCC(CC)(CNC(C)c1ccc(Br)cc1Cl)NC(=O)OC(C)(C)C. The van der Waals surface area contributed by atoms with Gasteiger partial charge >= 0.3 is 6.09 Å². The largest absolute Gasteiger partial charge is 0.444 e. The van der Waals surface area contributed by atoms with E-state index in [1.54, 1.807) is 0 Å². The summed E-state index contributed by atoms with van der Waals surface area (Å²) in [7, 11) is 0. The Kier molecular flexibility index (Phi) is 8.23. The van der Waals surface area contributed by atoms with Crippen LogP contribution in [0.4, 0.5) is 4.79 Å². The van der Waals surface area contributed by atoms with Gasteiger partial charge in [-0.2, -0.15) is 0 Å². The van der Waals surface area contributed by atoms with Crippen LogP contribution in [0, 0.1) is 0 Å². The summed E-state index contributed by atoms with van der Waals surface area (Å²) in [6, 6.07) is 5.94. The second-order valence-electron chi connectivity index (χ2n) is 7.38. The summed E-state index contributed by atoms with van der Waals surface area (Å²) in [4.78, 5) is 12.2. The van der Waals surface area contributed by atoms with Crippen molar-refractivity contribution in [2.75, 3.05) is 6.54 Å². The summed E-state index contributed by atoms with van der Waals surface area (Å²) >= 11 is 9.76. The zero-order chi connectivity index (χ0) is 19.3. The molecular formula is C19H30BrClN2O2. The molecule has 1 unspecified atom stereocenters. The predicted molar refractivity (Wildman–Crippen MR) is 108 cm³/mol. The predicted octanol–water partition coefficient (Wildman–Crippen LogP) is 5.84. The molecular weight excluding hydrogens is 404 g/mol. The second-order valence-corrected chi connectivity index (χ2v) is 8.71. The van der Waals surface area contributed by atoms with E-state index in [1.165, 1.54) is 0 Å². The Hall–Kier alpha value is -0.780. The van der Waals surface area contributed by atoms with Gasteiger partial charge in [-0.1, -0.05) is 47.4 Å². The Morgan fingerprint density at radius 2 is 1.88 bits per heavy atom. The fourth-order valence-electron chi connectivity index (χ4n) is 2.55. The fourth-order valence-corrected chi connectivity index (χ4v) is 3.39. The Labute approximate surface area is 165 Å². The van der Waals surface area contributed by atoms with Crippen molar-refractivity contribution in [3.8, 4) is 0 Å². The van der Waals surface area contributed by atoms with E-state index < -0.39 is 5.60 Å². The van der Waals surface area contributed by atoms with Crippen molar-refractivity contribution in [3.63, 3.8) is 0 Å². The lowest BCUT2D eigenvalue weighted by Gasteiger charge is -2.35. The van der Waals surface area contributed by atoms with E-state index in [9.17, 15) is 4.79 Å². The Morgan fingerprint density at radius 3 is 2.36 bits per heavy atom. The lowest BCUT2D eigenvalue weighted by atomic mass is 9.92. The lowest BCUT2D eigenvalue weighted by molar-refractivity contribution is 0.0444. The number of amides is 1. The maximum absolute atomic E-state index is 12.2. The van der Waals surface area contributed by atoms with Gasteiger partial charge in [0.1, 0.15) is 5.60 Å². The minimum absolute atomic E-state index is 0.0681. The van der Waals surface area contributed by atoms with E-state index >= 15 is 0 Å². The third-order valence-corrected chi connectivity index (χ3v) is 5.12. The van der Waals surface area contributed by atoms with Crippen molar-refractivity contribution in [2.45, 2.75) is 71.6 Å². The zero-order valence-corrected chi connectivity index (χ0v) is 18.3. The van der Waals surface area contributed by atoms with Crippen LogP contribution >= 0.6 is 27.5 Å². The van der Waals surface area contributed by atoms with Gasteiger partial charge in [0.2, 0.25) is 0 Å². The topological polar surface area (TPSA) is 50.4 Å². The number of carbonyl (C=O) groups excluding carboxylic acids is 1. The van der Waals surface area contributed by atoms with E-state index in [1.807, 2.05) is 39.0 Å². The second kappa shape index (κ2) is 9.24. The van der Waals surface area contributed by atoms with E-state index in [-0.39, 0.29) is 17.7 Å². The van der Waals surface area contributed by atoms with Crippen LogP contribution in [0.2, 0.25) is 5.02 Å². The summed E-state index contributed by atoms with van der Waals surface area (Å²) in [5, 5.41) is 7.27. The van der Waals surface area contributed by atoms with Gasteiger partial charge in [-0.05, 0) is 58.2 Å². The van der Waals surface area contributed by atoms with Gasteiger partial charge in [0.05, 0.1) is 5.54 Å². The Bertz CT molecular complexity index is 583. The molecule has 0 aliphatic heterocycles. The molecule has 1 aromatic rings. The maximum Gasteiger partial charge on any atom is 0.408 e. The van der Waals surface area contributed by atoms with Crippen LogP contribution in [0.25, 0.3) is 0 Å². The molecule has 1 atom stereocenters. The van der Waals surface area contributed by atoms with Crippen molar-refractivity contribution in [1.82, 2.24) is 10.6 Å². The van der Waals surface area contributed by atoms with Crippen LogP contribution in [0.3, 0.4) is 0 Å². The van der Waals surface area contributed by atoms with Crippen molar-refractivity contribution < 1.29 is 9.53 Å². The minimum atomic E-state index is -0.511. The Balaban J connectivity index is 2.78. The summed E-state index contributed by atoms with van der Waals surface area (Å²) < 4.78 is 6.37. The number of ether oxygens (including phenoxy) is 1. The summed E-state index contributed by atoms with van der Waals surface area (Å²) in [5.74, 6) is 0. The number of alkyl carbamates (subject to hydrolysis) is 1. The van der Waals surface area contributed by atoms with Gasteiger partial charge in [0.15, 0.2) is 0 Å². The monoisotopic (exact) mass is 432 g/mol. The van der Waals surface area contributed by atoms with E-state index in [0.717, 1.165) is 22.9 Å². The Morgan fingerprint density at radius 1 is 1.28 bits per heavy atom. The molecule has 0 saturated carbocycles. The number of hydrogen-bond donors (Lipinski definition) is 2. The fraction of sp³-hybridized carbons (Fsp3) is 0.632. The molecule has 0 radical (unpaired) electrons. The number of hydrogen-bond acceptors (Lipinski definition) is 3. The summed E-state index contributed by atoms with van der Waals surface area (Å²) in [6.07, 6.45) is 1.22. The van der Waals surface area contributed by atoms with Gasteiger partial charge < -0.3 is 15.4 Å². The molecule has 142 valence electrons. The highest BCUT2D eigenvalue weighted by atomic mass is 79.9. The van der Waals surface area contributed by atoms with Crippen molar-refractivity contribution in [3.05, 3.63) is 33.3 Å². The first kappa shape index (κ1) is 22.3. The first-order valence-corrected chi connectivity index (χ1v) is 9.88. The molecule has 1 rings (SSSR count). The summed E-state index contributed by atoms with van der Waals surface area (Å²) in [6.45, 7) is 12.4. The molecule has 6 heteroatoms. The van der Waals surface area contributed by atoms with Crippen LogP contribution in [0.15, 0.2) is 22.7 Å². The highest BCUT2D eigenvalue weighted by molar-refractivity contribution is 9.10. The molecule has 25 heavy (non-hydrogen) atoms. The summed E-state index contributed by atoms with van der Waals surface area (Å²) in [5.41, 5.74) is 0.157. The first-order valence-electron chi connectivity index (χ1n) is 8.71. The molecule has 0 aliphatic rings. The average Bonchev–Trinajstić information content (AvgIpc) is 2.49. The number of benzene rings is 1. The number of carbonyl (C=O) groups is 1. The number of rotatable bonds is 7. The first-order chi connectivity index (χ1) is 11.5. The standard InChI is InChI=1S/C19H30BrClN2O2/c1-7-19(8-2,23-17(24)25-18(4,5)6)12-22-13(3)15-10-9-14(20)11-16(15)21/h9-11,13,22H,7-8,12H2,1-6H3,(H,23,24). The maximum atomic E-state index is 12.2. The van der Waals surface area contributed by atoms with Crippen LogP contribution in [-0.4, -0.2) is 23.8 Å². The zero-order valence-electron chi connectivity index (χ0n) is 16.0. The molecule has 0 heterocycles. The number of halogens is 2.